The highest BCUT2D eigenvalue weighted by Gasteiger charge is 2.27. The summed E-state index contributed by atoms with van der Waals surface area (Å²) in [5.74, 6) is -0.328. The lowest BCUT2D eigenvalue weighted by Crippen LogP contribution is -2.55. The molecule has 10 nitrogen and oxygen atoms in total. The van der Waals surface area contributed by atoms with Crippen molar-refractivity contribution in [1.82, 2.24) is 10.9 Å². The third kappa shape index (κ3) is 9.39. The van der Waals surface area contributed by atoms with E-state index in [-0.39, 0.29) is 36.4 Å². The van der Waals surface area contributed by atoms with Gasteiger partial charge in [-0.15, -0.1) is 0 Å². The van der Waals surface area contributed by atoms with Crippen molar-refractivity contribution < 1.29 is 28.8 Å². The molecule has 2 rings (SSSR count). The minimum absolute atomic E-state index is 0.0875. The van der Waals surface area contributed by atoms with Crippen LogP contribution in [-0.4, -0.2) is 97.8 Å². The third-order valence-corrected chi connectivity index (χ3v) is 5.11. The summed E-state index contributed by atoms with van der Waals surface area (Å²) in [6.07, 6.45) is 2.79. The van der Waals surface area contributed by atoms with Gasteiger partial charge in [-0.3, -0.25) is 9.59 Å². The highest BCUT2D eigenvalue weighted by atomic mass is 16.3. The van der Waals surface area contributed by atoms with E-state index in [1.54, 1.807) is 48.5 Å². The van der Waals surface area contributed by atoms with Crippen LogP contribution in [0.25, 0.3) is 0 Å². The molecule has 2 amide bonds. The van der Waals surface area contributed by atoms with Crippen LogP contribution in [0.5, 0.6) is 11.5 Å². The first-order chi connectivity index (χ1) is 16.0. The Morgan fingerprint density at radius 3 is 1.44 bits per heavy atom. The Balaban J connectivity index is 1.77. The lowest BCUT2D eigenvalue weighted by Gasteiger charge is -2.34. The summed E-state index contributed by atoms with van der Waals surface area (Å²) < 4.78 is 0.819. The number of likely N-dealkylation sites (N-methyl/N-ethyl adjacent to an activating group) is 2. The van der Waals surface area contributed by atoms with Gasteiger partial charge in [0.05, 0.1) is 40.6 Å². The number of aromatic hydroxyl groups is 2. The van der Waals surface area contributed by atoms with Gasteiger partial charge in [0.2, 0.25) is 0 Å². The van der Waals surface area contributed by atoms with E-state index < -0.39 is 0 Å². The lowest BCUT2D eigenvalue weighted by molar-refractivity contribution is -0.938. The first-order valence-corrected chi connectivity index (χ1v) is 10.8. The van der Waals surface area contributed by atoms with Crippen molar-refractivity contribution in [3.05, 3.63) is 59.7 Å². The zero-order chi connectivity index (χ0) is 25.2. The molecule has 0 spiro atoms. The molecule has 0 atom stereocenters. The molecule has 0 saturated heterocycles. The molecule has 4 N–H and O–H groups in total. The number of benzene rings is 2. The molecular formula is C24H34N6O4+2. The highest BCUT2D eigenvalue weighted by molar-refractivity contribution is 5.86. The minimum atomic E-state index is -0.252. The highest BCUT2D eigenvalue weighted by Crippen LogP contribution is 2.13. The number of phenolic OH excluding ortho intramolecular Hbond substituents is 2. The van der Waals surface area contributed by atoms with Gasteiger partial charge in [0.25, 0.3) is 11.8 Å². The van der Waals surface area contributed by atoms with Crippen molar-refractivity contribution in [1.29, 1.82) is 0 Å². The summed E-state index contributed by atoms with van der Waals surface area (Å²) in [6.45, 7) is 1.71. The summed E-state index contributed by atoms with van der Waals surface area (Å²) in [6, 6.07) is 13.4. The first-order valence-electron chi connectivity index (χ1n) is 10.8. The van der Waals surface area contributed by atoms with E-state index in [0.717, 1.165) is 0 Å². The number of rotatable bonds is 11. The van der Waals surface area contributed by atoms with Gasteiger partial charge >= 0.3 is 0 Å². The molecule has 0 unspecified atom stereocenters. The monoisotopic (exact) mass is 470 g/mol. The Labute approximate surface area is 200 Å². The maximum atomic E-state index is 12.3. The number of quaternary nitrogens is 2. The van der Waals surface area contributed by atoms with Crippen LogP contribution in [0, 0.1) is 0 Å². The lowest BCUT2D eigenvalue weighted by atomic mass is 10.2. The van der Waals surface area contributed by atoms with E-state index in [1.807, 2.05) is 28.2 Å². The van der Waals surface area contributed by atoms with Gasteiger partial charge in [-0.1, -0.05) is 24.3 Å². The number of phenols is 2. The molecule has 0 saturated carbocycles. The second-order valence-corrected chi connectivity index (χ2v) is 9.34. The van der Waals surface area contributed by atoms with Gasteiger partial charge in [0.15, 0.2) is 13.1 Å². The van der Waals surface area contributed by atoms with E-state index in [2.05, 4.69) is 21.1 Å². The molecular weight excluding hydrogens is 436 g/mol. The van der Waals surface area contributed by atoms with E-state index in [4.69, 9.17) is 0 Å². The quantitative estimate of drug-likeness (QED) is 0.221. The second kappa shape index (κ2) is 11.9. The maximum Gasteiger partial charge on any atom is 0.295 e. The molecule has 0 aliphatic rings. The topological polar surface area (TPSA) is 123 Å². The van der Waals surface area contributed by atoms with Crippen LogP contribution >= 0.6 is 0 Å². The number of hydrogen-bond donors (Lipinski definition) is 4. The number of hydrazone groups is 2. The van der Waals surface area contributed by atoms with E-state index >= 15 is 0 Å². The fourth-order valence-electron chi connectivity index (χ4n) is 3.09. The summed E-state index contributed by atoms with van der Waals surface area (Å²) in [4.78, 5) is 24.6. The molecule has 0 radical (unpaired) electrons. The number of nitrogens with one attached hydrogen (secondary N) is 2. The number of carbonyl (C=O) groups excluding carboxylic acids is 2. The van der Waals surface area contributed by atoms with E-state index in [0.29, 0.717) is 33.2 Å². The van der Waals surface area contributed by atoms with Crippen molar-refractivity contribution in [2.45, 2.75) is 0 Å². The number of para-hydroxylation sites is 2. The molecule has 0 fully saturated rings. The van der Waals surface area contributed by atoms with Crippen LogP contribution in [0.15, 0.2) is 58.7 Å². The van der Waals surface area contributed by atoms with E-state index in [9.17, 15) is 19.8 Å². The molecule has 0 heterocycles. The Morgan fingerprint density at radius 1 is 0.735 bits per heavy atom. The van der Waals surface area contributed by atoms with Crippen molar-refractivity contribution in [3.8, 4) is 11.5 Å². The fraction of sp³-hybridized carbons (Fsp3) is 0.333. The molecule has 0 aromatic heterocycles. The normalized spacial score (nSPS) is 12.2. The zero-order valence-electron chi connectivity index (χ0n) is 20.1. The number of nitrogens with zero attached hydrogens (tertiary/aromatic N) is 4. The van der Waals surface area contributed by atoms with Gasteiger partial charge in [-0.2, -0.15) is 10.2 Å². The summed E-state index contributed by atoms with van der Waals surface area (Å²) in [5, 5.41) is 27.3. The molecule has 10 heteroatoms. The third-order valence-electron chi connectivity index (χ3n) is 5.11. The minimum Gasteiger partial charge on any atom is -0.507 e. The molecule has 0 aliphatic carbocycles. The fourth-order valence-corrected chi connectivity index (χ4v) is 3.09. The Morgan fingerprint density at radius 2 is 1.09 bits per heavy atom. The predicted molar refractivity (Wildman–Crippen MR) is 131 cm³/mol. The van der Waals surface area contributed by atoms with Crippen LogP contribution in [0.2, 0.25) is 0 Å². The van der Waals surface area contributed by atoms with Gasteiger partial charge in [0.1, 0.15) is 24.6 Å². The number of amides is 2. The number of hydrogen-bond acceptors (Lipinski definition) is 6. The molecule has 0 bridgehead atoms. The predicted octanol–water partition coefficient (Wildman–Crippen LogP) is 0.851. The molecule has 0 aliphatic heterocycles. The number of carbonyl (C=O) groups is 2. The van der Waals surface area contributed by atoms with Crippen LogP contribution in [0.3, 0.4) is 0 Å². The van der Waals surface area contributed by atoms with Crippen molar-refractivity contribution in [2.24, 2.45) is 10.2 Å². The van der Waals surface area contributed by atoms with Gasteiger partial charge < -0.3 is 19.2 Å². The van der Waals surface area contributed by atoms with Crippen LogP contribution in [0.1, 0.15) is 11.1 Å². The largest absolute Gasteiger partial charge is 0.507 e. The van der Waals surface area contributed by atoms with Crippen LogP contribution < -0.4 is 10.9 Å². The zero-order valence-corrected chi connectivity index (χ0v) is 20.1. The SMILES string of the molecule is C[N+](C)(CC[N+](C)(C)CC(=O)N/N=C/c1ccccc1O)CC(=O)N/N=C/c1ccccc1O. The van der Waals surface area contributed by atoms with Crippen molar-refractivity contribution in [3.63, 3.8) is 0 Å². The average molecular weight is 471 g/mol. The van der Waals surface area contributed by atoms with E-state index in [1.165, 1.54) is 12.4 Å². The Kier molecular flexibility index (Phi) is 9.28. The van der Waals surface area contributed by atoms with Crippen LogP contribution in [-0.2, 0) is 9.59 Å². The van der Waals surface area contributed by atoms with Crippen molar-refractivity contribution >= 4 is 24.2 Å². The van der Waals surface area contributed by atoms with Crippen molar-refractivity contribution in [2.75, 3.05) is 54.4 Å². The summed E-state index contributed by atoms with van der Waals surface area (Å²) in [5.41, 5.74) is 6.00. The smallest absolute Gasteiger partial charge is 0.295 e. The van der Waals surface area contributed by atoms with Gasteiger partial charge in [-0.25, -0.2) is 10.9 Å². The molecule has 182 valence electrons. The summed E-state index contributed by atoms with van der Waals surface area (Å²) >= 11 is 0. The molecule has 2 aromatic rings. The maximum absolute atomic E-state index is 12.3. The second-order valence-electron chi connectivity index (χ2n) is 9.34. The van der Waals surface area contributed by atoms with Gasteiger partial charge in [0, 0.05) is 11.1 Å². The first kappa shape index (κ1) is 26.5. The summed E-state index contributed by atoms with van der Waals surface area (Å²) in [7, 11) is 7.73. The average Bonchev–Trinajstić information content (AvgIpc) is 2.75. The molecule has 2 aromatic carbocycles. The van der Waals surface area contributed by atoms with Crippen LogP contribution in [0.4, 0.5) is 0 Å². The Bertz CT molecular complexity index is 966. The molecule has 34 heavy (non-hydrogen) atoms. The Hall–Kier alpha value is -3.76. The standard InChI is InChI=1S/C24H32N6O4/c1-29(2,17-23(33)27-25-15-19-9-5-7-11-21(19)31)13-14-30(3,4)18-24(34)28-26-16-20-10-6-8-12-22(20)32/h5-12,15-16H,13-14,17-18H2,1-4H3,(H2-2,25,26,27,28,31,32,33,34)/p+2. The van der Waals surface area contributed by atoms with Gasteiger partial charge in [-0.05, 0) is 24.3 Å².